The van der Waals surface area contributed by atoms with E-state index in [1.807, 2.05) is 30.2 Å². The molecule has 0 aliphatic rings. The maximum Gasteiger partial charge on any atom is 0.114 e. The van der Waals surface area contributed by atoms with E-state index in [1.165, 1.54) is 11.3 Å². The number of aryl methyl sites for hydroxylation is 2. The van der Waals surface area contributed by atoms with E-state index in [2.05, 4.69) is 22.3 Å². The summed E-state index contributed by atoms with van der Waals surface area (Å²) in [5.74, 6) is 0. The molecular weight excluding hydrogens is 260 g/mol. The lowest BCUT2D eigenvalue weighted by molar-refractivity contribution is 0.197. The van der Waals surface area contributed by atoms with E-state index in [9.17, 15) is 0 Å². The van der Waals surface area contributed by atoms with Gasteiger partial charge in [0, 0.05) is 43.5 Å². The summed E-state index contributed by atoms with van der Waals surface area (Å²) in [4.78, 5) is 4.44. The summed E-state index contributed by atoms with van der Waals surface area (Å²) in [5, 5.41) is 11.1. The molecule has 6 heteroatoms. The van der Waals surface area contributed by atoms with Crippen LogP contribution in [0.15, 0.2) is 11.6 Å². The Balaban J connectivity index is 2.31. The highest BCUT2D eigenvalue weighted by molar-refractivity contribution is 7.09. The highest BCUT2D eigenvalue weighted by atomic mass is 32.1. The van der Waals surface area contributed by atoms with Gasteiger partial charge in [0.25, 0.3) is 0 Å². The fraction of sp³-hybridized carbons (Fsp3) is 0.538. The molecule has 0 aromatic carbocycles. The first-order chi connectivity index (χ1) is 9.15. The van der Waals surface area contributed by atoms with Crippen molar-refractivity contribution in [1.29, 1.82) is 0 Å². The summed E-state index contributed by atoms with van der Waals surface area (Å²) < 4.78 is 7.03. The Morgan fingerprint density at radius 2 is 2.26 bits per heavy atom. The van der Waals surface area contributed by atoms with Crippen LogP contribution in [0.1, 0.15) is 28.0 Å². The fourth-order valence-corrected chi connectivity index (χ4v) is 2.92. The quantitative estimate of drug-likeness (QED) is 0.820. The topological polar surface area (TPSA) is 52.0 Å². The summed E-state index contributed by atoms with van der Waals surface area (Å²) in [6.45, 7) is 5.60. The molecular formula is C13H20N4OS. The third-order valence-electron chi connectivity index (χ3n) is 3.21. The van der Waals surface area contributed by atoms with Gasteiger partial charge in [0.05, 0.1) is 18.3 Å². The largest absolute Gasteiger partial charge is 0.383 e. The molecule has 0 radical (unpaired) electrons. The molecule has 5 nitrogen and oxygen atoms in total. The molecule has 19 heavy (non-hydrogen) atoms. The van der Waals surface area contributed by atoms with Gasteiger partial charge >= 0.3 is 0 Å². The van der Waals surface area contributed by atoms with Crippen LogP contribution in [-0.4, -0.2) is 35.0 Å². The zero-order valence-electron chi connectivity index (χ0n) is 11.8. The summed E-state index contributed by atoms with van der Waals surface area (Å²) in [7, 11) is 3.68. The van der Waals surface area contributed by atoms with Crippen molar-refractivity contribution in [2.75, 3.05) is 20.3 Å². The molecule has 0 amide bonds. The minimum atomic E-state index is 0.0869. The summed E-state index contributed by atoms with van der Waals surface area (Å²) in [5.41, 5.74) is 3.43. The molecule has 1 unspecified atom stereocenters. The van der Waals surface area contributed by atoms with Crippen molar-refractivity contribution in [3.05, 3.63) is 33.5 Å². The second-order valence-electron chi connectivity index (χ2n) is 4.46. The van der Waals surface area contributed by atoms with Crippen LogP contribution in [0, 0.1) is 13.8 Å². The molecule has 0 saturated carbocycles. The first-order valence-corrected chi connectivity index (χ1v) is 7.15. The predicted molar refractivity (Wildman–Crippen MR) is 76.5 cm³/mol. The van der Waals surface area contributed by atoms with Crippen LogP contribution in [0.2, 0.25) is 0 Å². The van der Waals surface area contributed by atoms with Crippen molar-refractivity contribution >= 4 is 11.3 Å². The third kappa shape index (κ3) is 3.02. The SMILES string of the molecule is COCCNC(c1nccs1)c1c(C)nn(C)c1C. The van der Waals surface area contributed by atoms with Crippen molar-refractivity contribution in [2.24, 2.45) is 7.05 Å². The van der Waals surface area contributed by atoms with Gasteiger partial charge < -0.3 is 10.1 Å². The van der Waals surface area contributed by atoms with Gasteiger partial charge in [-0.2, -0.15) is 5.10 Å². The van der Waals surface area contributed by atoms with Gasteiger partial charge in [-0.15, -0.1) is 11.3 Å². The average molecular weight is 280 g/mol. The minimum Gasteiger partial charge on any atom is -0.383 e. The van der Waals surface area contributed by atoms with Gasteiger partial charge in [0.15, 0.2) is 0 Å². The van der Waals surface area contributed by atoms with E-state index < -0.39 is 0 Å². The maximum absolute atomic E-state index is 5.11. The summed E-state index contributed by atoms with van der Waals surface area (Å²) in [6.07, 6.45) is 1.84. The van der Waals surface area contributed by atoms with Crippen molar-refractivity contribution in [2.45, 2.75) is 19.9 Å². The van der Waals surface area contributed by atoms with Gasteiger partial charge in [0.1, 0.15) is 5.01 Å². The number of rotatable bonds is 6. The van der Waals surface area contributed by atoms with Crippen molar-refractivity contribution in [1.82, 2.24) is 20.1 Å². The fourth-order valence-electron chi connectivity index (χ4n) is 2.20. The molecule has 2 heterocycles. The van der Waals surface area contributed by atoms with Crippen LogP contribution in [0.5, 0.6) is 0 Å². The van der Waals surface area contributed by atoms with Crippen LogP contribution < -0.4 is 5.32 Å². The standard InChI is InChI=1S/C13H20N4OS/c1-9-11(10(2)17(3)16-9)12(14-5-7-18-4)13-15-6-8-19-13/h6,8,12,14H,5,7H2,1-4H3. The van der Waals surface area contributed by atoms with Crippen LogP contribution >= 0.6 is 11.3 Å². The number of ether oxygens (including phenoxy) is 1. The van der Waals surface area contributed by atoms with E-state index in [1.54, 1.807) is 18.4 Å². The number of nitrogens with one attached hydrogen (secondary N) is 1. The lowest BCUT2D eigenvalue weighted by Crippen LogP contribution is -2.26. The lowest BCUT2D eigenvalue weighted by atomic mass is 10.1. The molecule has 104 valence electrons. The van der Waals surface area contributed by atoms with Crippen molar-refractivity contribution in [3.63, 3.8) is 0 Å². The van der Waals surface area contributed by atoms with Crippen LogP contribution in [0.4, 0.5) is 0 Å². The van der Waals surface area contributed by atoms with Crippen LogP contribution in [-0.2, 0) is 11.8 Å². The van der Waals surface area contributed by atoms with E-state index >= 15 is 0 Å². The molecule has 0 saturated heterocycles. The number of thiazole rings is 1. The van der Waals surface area contributed by atoms with Crippen molar-refractivity contribution in [3.8, 4) is 0 Å². The molecule has 0 aliphatic carbocycles. The van der Waals surface area contributed by atoms with E-state index in [-0.39, 0.29) is 6.04 Å². The maximum atomic E-state index is 5.11. The highest BCUT2D eigenvalue weighted by Gasteiger charge is 2.23. The average Bonchev–Trinajstić information content (AvgIpc) is 2.97. The second kappa shape index (κ2) is 6.27. The predicted octanol–water partition coefficient (Wildman–Crippen LogP) is 1.82. The first-order valence-electron chi connectivity index (χ1n) is 6.27. The first kappa shape index (κ1) is 14.2. The Kier molecular flexibility index (Phi) is 4.68. The Bertz CT molecular complexity index is 521. The zero-order valence-corrected chi connectivity index (χ0v) is 12.6. The number of nitrogens with zero attached hydrogens (tertiary/aromatic N) is 3. The van der Waals surface area contributed by atoms with Crippen LogP contribution in [0.3, 0.4) is 0 Å². The molecule has 2 aromatic heterocycles. The van der Waals surface area contributed by atoms with Gasteiger partial charge in [-0.05, 0) is 13.8 Å². The monoisotopic (exact) mass is 280 g/mol. The number of methoxy groups -OCH3 is 1. The second-order valence-corrected chi connectivity index (χ2v) is 5.38. The number of hydrogen-bond acceptors (Lipinski definition) is 5. The summed E-state index contributed by atoms with van der Waals surface area (Å²) in [6, 6.07) is 0.0869. The van der Waals surface area contributed by atoms with E-state index in [0.717, 1.165) is 17.2 Å². The Morgan fingerprint density at radius 1 is 1.47 bits per heavy atom. The molecule has 0 spiro atoms. The molecule has 2 rings (SSSR count). The van der Waals surface area contributed by atoms with E-state index in [4.69, 9.17) is 4.74 Å². The summed E-state index contributed by atoms with van der Waals surface area (Å²) >= 11 is 1.66. The smallest absolute Gasteiger partial charge is 0.114 e. The molecule has 0 fully saturated rings. The van der Waals surface area contributed by atoms with Gasteiger partial charge in [-0.1, -0.05) is 0 Å². The Morgan fingerprint density at radius 3 is 2.79 bits per heavy atom. The number of aromatic nitrogens is 3. The molecule has 1 atom stereocenters. The number of hydrogen-bond donors (Lipinski definition) is 1. The molecule has 2 aromatic rings. The van der Waals surface area contributed by atoms with Crippen molar-refractivity contribution < 1.29 is 4.74 Å². The normalized spacial score (nSPS) is 12.8. The third-order valence-corrected chi connectivity index (χ3v) is 4.05. The molecule has 1 N–H and O–H groups in total. The minimum absolute atomic E-state index is 0.0869. The molecule has 0 bridgehead atoms. The Hall–Kier alpha value is -1.24. The molecule has 0 aliphatic heterocycles. The van der Waals surface area contributed by atoms with Gasteiger partial charge in [-0.3, -0.25) is 4.68 Å². The van der Waals surface area contributed by atoms with Crippen LogP contribution in [0.25, 0.3) is 0 Å². The lowest BCUT2D eigenvalue weighted by Gasteiger charge is -2.17. The highest BCUT2D eigenvalue weighted by Crippen LogP contribution is 2.28. The van der Waals surface area contributed by atoms with E-state index in [0.29, 0.717) is 6.61 Å². The van der Waals surface area contributed by atoms with Gasteiger partial charge in [-0.25, -0.2) is 4.98 Å². The Labute approximate surface area is 117 Å². The zero-order chi connectivity index (χ0) is 13.8. The van der Waals surface area contributed by atoms with Gasteiger partial charge in [0.2, 0.25) is 0 Å².